The number of aryl methyl sites for hydroxylation is 1. The van der Waals surface area contributed by atoms with E-state index in [-0.39, 0.29) is 29.6 Å². The number of carbonyl (C=O) groups is 2. The summed E-state index contributed by atoms with van der Waals surface area (Å²) < 4.78 is 18.1. The zero-order valence-corrected chi connectivity index (χ0v) is 17.8. The molecule has 1 atom stereocenters. The first-order valence-electron chi connectivity index (χ1n) is 9.55. The standard InChI is InChI=1S/C16H23FO2.C6H12O2/c1-4-6-14(18)11-16(19,9-5-2)13-7-8-15(17)12(3)10-13;1-5(7)8-6(2,3)4/h7-8,10,19H,4-6,9,11H2,1-3H3;1-4H3. The van der Waals surface area contributed by atoms with Gasteiger partial charge in [-0.1, -0.05) is 32.4 Å². The van der Waals surface area contributed by atoms with Crippen molar-refractivity contribution < 1.29 is 23.8 Å². The van der Waals surface area contributed by atoms with Crippen LogP contribution in [-0.2, 0) is 19.9 Å². The molecule has 0 aliphatic carbocycles. The fourth-order valence-electron chi connectivity index (χ4n) is 2.81. The van der Waals surface area contributed by atoms with E-state index in [4.69, 9.17) is 4.74 Å². The van der Waals surface area contributed by atoms with Crippen molar-refractivity contribution in [1.82, 2.24) is 0 Å². The molecule has 0 spiro atoms. The Labute approximate surface area is 163 Å². The maximum absolute atomic E-state index is 13.3. The number of ketones is 1. The van der Waals surface area contributed by atoms with E-state index in [1.54, 1.807) is 19.1 Å². The molecule has 0 heterocycles. The van der Waals surface area contributed by atoms with Crippen molar-refractivity contribution >= 4 is 11.8 Å². The van der Waals surface area contributed by atoms with Gasteiger partial charge in [-0.2, -0.15) is 0 Å². The number of benzene rings is 1. The summed E-state index contributed by atoms with van der Waals surface area (Å²) in [4.78, 5) is 22.1. The Morgan fingerprint density at radius 2 is 1.74 bits per heavy atom. The number of hydrogen-bond acceptors (Lipinski definition) is 4. The van der Waals surface area contributed by atoms with E-state index in [0.717, 1.165) is 12.8 Å². The van der Waals surface area contributed by atoms with Gasteiger partial charge in [0.25, 0.3) is 0 Å². The summed E-state index contributed by atoms with van der Waals surface area (Å²) in [5.41, 5.74) is -0.363. The zero-order valence-electron chi connectivity index (χ0n) is 17.8. The van der Waals surface area contributed by atoms with E-state index in [2.05, 4.69) is 0 Å². The SMILES string of the molecule is CC(=O)OC(C)(C)C.CCCC(=O)CC(O)(CCC)c1ccc(F)c(C)c1. The Morgan fingerprint density at radius 3 is 2.11 bits per heavy atom. The molecule has 0 aliphatic heterocycles. The quantitative estimate of drug-likeness (QED) is 0.656. The average molecular weight is 383 g/mol. The van der Waals surface area contributed by atoms with Gasteiger partial charge in [0.15, 0.2) is 0 Å². The second kappa shape index (κ2) is 11.2. The molecule has 4 nitrogen and oxygen atoms in total. The Hall–Kier alpha value is -1.75. The molecule has 0 saturated carbocycles. The van der Waals surface area contributed by atoms with Crippen molar-refractivity contribution in [3.8, 4) is 0 Å². The lowest BCUT2D eigenvalue weighted by Gasteiger charge is -2.28. The van der Waals surface area contributed by atoms with E-state index in [9.17, 15) is 19.1 Å². The molecule has 27 heavy (non-hydrogen) atoms. The predicted molar refractivity (Wildman–Crippen MR) is 106 cm³/mol. The number of carbonyl (C=O) groups excluding carboxylic acids is 2. The third-order valence-electron chi connectivity index (χ3n) is 3.83. The normalized spacial score (nSPS) is 13.2. The first kappa shape index (κ1) is 25.2. The molecule has 0 bridgehead atoms. The monoisotopic (exact) mass is 382 g/mol. The number of hydrogen-bond donors (Lipinski definition) is 1. The van der Waals surface area contributed by atoms with Crippen LogP contribution in [0.4, 0.5) is 4.39 Å². The topological polar surface area (TPSA) is 63.6 Å². The van der Waals surface area contributed by atoms with Crippen molar-refractivity contribution in [3.05, 3.63) is 35.1 Å². The van der Waals surface area contributed by atoms with Gasteiger partial charge >= 0.3 is 5.97 Å². The molecular formula is C22H35FO4. The third-order valence-corrected chi connectivity index (χ3v) is 3.83. The van der Waals surface area contributed by atoms with E-state index in [1.165, 1.54) is 13.0 Å². The van der Waals surface area contributed by atoms with Crippen LogP contribution in [0.25, 0.3) is 0 Å². The summed E-state index contributed by atoms with van der Waals surface area (Å²) in [5, 5.41) is 10.8. The number of rotatable bonds is 7. The predicted octanol–water partition coefficient (Wildman–Crippen LogP) is 5.23. The highest BCUT2D eigenvalue weighted by Crippen LogP contribution is 2.32. The van der Waals surface area contributed by atoms with Crippen LogP contribution in [0.3, 0.4) is 0 Å². The molecule has 1 N–H and O–H groups in total. The maximum Gasteiger partial charge on any atom is 0.303 e. The Bertz CT molecular complexity index is 619. The first-order chi connectivity index (χ1) is 12.3. The lowest BCUT2D eigenvalue weighted by Crippen LogP contribution is -2.29. The summed E-state index contributed by atoms with van der Waals surface area (Å²) in [7, 11) is 0. The van der Waals surface area contributed by atoms with Crippen LogP contribution in [-0.4, -0.2) is 22.5 Å². The summed E-state index contributed by atoms with van der Waals surface area (Å²) in [5.74, 6) is -0.458. The molecule has 0 saturated heterocycles. The molecule has 1 aromatic carbocycles. The second-order valence-corrected chi connectivity index (χ2v) is 7.92. The highest BCUT2D eigenvalue weighted by Gasteiger charge is 2.31. The van der Waals surface area contributed by atoms with Crippen molar-refractivity contribution in [3.63, 3.8) is 0 Å². The number of esters is 1. The third kappa shape index (κ3) is 10.2. The maximum atomic E-state index is 13.3. The fourth-order valence-corrected chi connectivity index (χ4v) is 2.81. The summed E-state index contributed by atoms with van der Waals surface area (Å²) in [6.45, 7) is 12.5. The molecule has 154 valence electrons. The molecule has 0 aromatic heterocycles. The van der Waals surface area contributed by atoms with Gasteiger partial charge in [-0.3, -0.25) is 9.59 Å². The highest BCUT2D eigenvalue weighted by molar-refractivity contribution is 5.79. The van der Waals surface area contributed by atoms with Crippen LogP contribution in [0, 0.1) is 12.7 Å². The highest BCUT2D eigenvalue weighted by atomic mass is 19.1. The van der Waals surface area contributed by atoms with Crippen LogP contribution in [0.2, 0.25) is 0 Å². The lowest BCUT2D eigenvalue weighted by molar-refractivity contribution is -0.151. The van der Waals surface area contributed by atoms with Gasteiger partial charge < -0.3 is 9.84 Å². The average Bonchev–Trinajstić information content (AvgIpc) is 2.48. The minimum atomic E-state index is -1.17. The van der Waals surface area contributed by atoms with Crippen molar-refractivity contribution in [2.45, 2.75) is 91.8 Å². The summed E-state index contributed by atoms with van der Waals surface area (Å²) in [6, 6.07) is 4.58. The van der Waals surface area contributed by atoms with E-state index < -0.39 is 5.60 Å². The molecule has 0 amide bonds. The van der Waals surface area contributed by atoms with Crippen molar-refractivity contribution in [2.24, 2.45) is 0 Å². The molecule has 0 radical (unpaired) electrons. The number of aliphatic hydroxyl groups is 1. The van der Waals surface area contributed by atoms with Crippen molar-refractivity contribution in [2.75, 3.05) is 0 Å². The van der Waals surface area contributed by atoms with Crippen LogP contribution < -0.4 is 0 Å². The van der Waals surface area contributed by atoms with Gasteiger partial charge in [-0.05, 0) is 57.7 Å². The van der Waals surface area contributed by atoms with Gasteiger partial charge in [0.05, 0.1) is 5.60 Å². The van der Waals surface area contributed by atoms with Gasteiger partial charge in [-0.15, -0.1) is 0 Å². The Balaban J connectivity index is 0.000000713. The van der Waals surface area contributed by atoms with Crippen LogP contribution >= 0.6 is 0 Å². The second-order valence-electron chi connectivity index (χ2n) is 7.92. The van der Waals surface area contributed by atoms with Crippen LogP contribution in [0.15, 0.2) is 18.2 Å². The first-order valence-corrected chi connectivity index (χ1v) is 9.55. The van der Waals surface area contributed by atoms with Gasteiger partial charge in [0.1, 0.15) is 17.2 Å². The van der Waals surface area contributed by atoms with Gasteiger partial charge in [0.2, 0.25) is 0 Å². The number of halogens is 1. The fraction of sp³-hybridized carbons (Fsp3) is 0.636. The molecule has 5 heteroatoms. The summed E-state index contributed by atoms with van der Waals surface area (Å²) >= 11 is 0. The minimum Gasteiger partial charge on any atom is -0.460 e. The molecular weight excluding hydrogens is 347 g/mol. The zero-order chi connectivity index (χ0) is 21.3. The lowest BCUT2D eigenvalue weighted by atomic mass is 9.83. The smallest absolute Gasteiger partial charge is 0.303 e. The van der Waals surface area contributed by atoms with E-state index in [0.29, 0.717) is 24.0 Å². The largest absolute Gasteiger partial charge is 0.460 e. The van der Waals surface area contributed by atoms with Gasteiger partial charge in [-0.25, -0.2) is 4.39 Å². The Morgan fingerprint density at radius 1 is 1.15 bits per heavy atom. The van der Waals surface area contributed by atoms with Crippen LogP contribution in [0.1, 0.15) is 84.8 Å². The minimum absolute atomic E-state index is 0.0560. The van der Waals surface area contributed by atoms with E-state index >= 15 is 0 Å². The molecule has 1 rings (SSSR count). The molecule has 1 unspecified atom stereocenters. The molecule has 0 fully saturated rings. The van der Waals surface area contributed by atoms with Gasteiger partial charge in [0, 0.05) is 19.8 Å². The van der Waals surface area contributed by atoms with Crippen molar-refractivity contribution in [1.29, 1.82) is 0 Å². The molecule has 1 aromatic rings. The Kier molecular flexibility index (Phi) is 10.5. The van der Waals surface area contributed by atoms with Crippen LogP contribution in [0.5, 0.6) is 0 Å². The number of ether oxygens (including phenoxy) is 1. The summed E-state index contributed by atoms with van der Waals surface area (Å²) in [6.07, 6.45) is 2.65. The molecule has 0 aliphatic rings. The van der Waals surface area contributed by atoms with E-state index in [1.807, 2.05) is 34.6 Å². The number of Topliss-reactive ketones (excluding diaryl/α,β-unsaturated/α-hetero) is 1.